The van der Waals surface area contributed by atoms with Crippen LogP contribution in [-0.2, 0) is 11.3 Å². The third kappa shape index (κ3) is 3.27. The molecule has 0 aromatic heterocycles. The van der Waals surface area contributed by atoms with Crippen LogP contribution in [0.3, 0.4) is 0 Å². The van der Waals surface area contributed by atoms with Gasteiger partial charge in [0.05, 0.1) is 17.7 Å². The van der Waals surface area contributed by atoms with Crippen molar-refractivity contribution in [3.05, 3.63) is 34.1 Å². The van der Waals surface area contributed by atoms with Crippen LogP contribution in [0, 0.1) is 5.82 Å². The molecule has 2 rings (SSSR count). The SMILES string of the molecule is CCC1COCCN1Cc1ccc(F)c(Br)c1. The van der Waals surface area contributed by atoms with E-state index < -0.39 is 0 Å². The van der Waals surface area contributed by atoms with Gasteiger partial charge < -0.3 is 4.74 Å². The Morgan fingerprint density at radius 1 is 1.53 bits per heavy atom. The number of ether oxygens (including phenoxy) is 1. The van der Waals surface area contributed by atoms with Crippen LogP contribution in [0.1, 0.15) is 18.9 Å². The molecule has 1 aliphatic heterocycles. The predicted octanol–water partition coefficient (Wildman–Crippen LogP) is 3.20. The topological polar surface area (TPSA) is 12.5 Å². The summed E-state index contributed by atoms with van der Waals surface area (Å²) in [6, 6.07) is 5.70. The minimum atomic E-state index is -0.206. The zero-order chi connectivity index (χ0) is 12.3. The Hall–Kier alpha value is -0.450. The summed E-state index contributed by atoms with van der Waals surface area (Å²) in [5.74, 6) is -0.206. The van der Waals surface area contributed by atoms with Gasteiger partial charge in [-0.15, -0.1) is 0 Å². The molecule has 0 radical (unpaired) electrons. The minimum absolute atomic E-state index is 0.206. The standard InChI is InChI=1S/C13H17BrFNO/c1-2-11-9-17-6-5-16(11)8-10-3-4-13(15)12(14)7-10/h3-4,7,11H,2,5-6,8-9H2,1H3. The number of halogens is 2. The van der Waals surface area contributed by atoms with E-state index in [1.54, 1.807) is 0 Å². The molecular weight excluding hydrogens is 285 g/mol. The van der Waals surface area contributed by atoms with Crippen LogP contribution in [0.4, 0.5) is 4.39 Å². The van der Waals surface area contributed by atoms with Crippen molar-refractivity contribution in [2.45, 2.75) is 25.9 Å². The number of benzene rings is 1. The molecule has 1 aromatic carbocycles. The van der Waals surface area contributed by atoms with Gasteiger partial charge in [0.25, 0.3) is 0 Å². The molecule has 0 saturated carbocycles. The first kappa shape index (κ1) is 13.0. The van der Waals surface area contributed by atoms with Crippen LogP contribution in [0.2, 0.25) is 0 Å². The van der Waals surface area contributed by atoms with E-state index in [-0.39, 0.29) is 5.82 Å². The quantitative estimate of drug-likeness (QED) is 0.850. The smallest absolute Gasteiger partial charge is 0.137 e. The third-order valence-electron chi connectivity index (χ3n) is 3.19. The fourth-order valence-corrected chi connectivity index (χ4v) is 2.57. The maximum Gasteiger partial charge on any atom is 0.137 e. The maximum atomic E-state index is 13.1. The largest absolute Gasteiger partial charge is 0.378 e. The lowest BCUT2D eigenvalue weighted by Gasteiger charge is -2.35. The van der Waals surface area contributed by atoms with Gasteiger partial charge in [0.15, 0.2) is 0 Å². The maximum absolute atomic E-state index is 13.1. The molecule has 1 aliphatic rings. The number of rotatable bonds is 3. The van der Waals surface area contributed by atoms with E-state index in [4.69, 9.17) is 4.74 Å². The van der Waals surface area contributed by atoms with Crippen LogP contribution in [0.15, 0.2) is 22.7 Å². The van der Waals surface area contributed by atoms with Crippen LogP contribution in [0.25, 0.3) is 0 Å². The van der Waals surface area contributed by atoms with E-state index in [9.17, 15) is 4.39 Å². The van der Waals surface area contributed by atoms with Gasteiger partial charge in [-0.1, -0.05) is 13.0 Å². The first-order valence-corrected chi connectivity index (χ1v) is 6.75. The molecule has 0 bridgehead atoms. The summed E-state index contributed by atoms with van der Waals surface area (Å²) in [5, 5.41) is 0. The van der Waals surface area contributed by atoms with Crippen molar-refractivity contribution in [1.82, 2.24) is 4.90 Å². The summed E-state index contributed by atoms with van der Waals surface area (Å²) in [5.41, 5.74) is 1.14. The Labute approximate surface area is 110 Å². The van der Waals surface area contributed by atoms with Crippen molar-refractivity contribution in [2.75, 3.05) is 19.8 Å². The second kappa shape index (κ2) is 5.94. The Morgan fingerprint density at radius 3 is 3.06 bits per heavy atom. The van der Waals surface area contributed by atoms with Gasteiger partial charge in [-0.3, -0.25) is 4.90 Å². The molecule has 1 fully saturated rings. The molecule has 1 unspecified atom stereocenters. The van der Waals surface area contributed by atoms with Gasteiger partial charge >= 0.3 is 0 Å². The van der Waals surface area contributed by atoms with E-state index in [0.717, 1.165) is 38.3 Å². The second-order valence-corrected chi connectivity index (χ2v) is 5.21. The van der Waals surface area contributed by atoms with E-state index >= 15 is 0 Å². The first-order chi connectivity index (χ1) is 8.20. The number of morpholine rings is 1. The molecule has 1 saturated heterocycles. The van der Waals surface area contributed by atoms with Gasteiger partial charge in [-0.2, -0.15) is 0 Å². The summed E-state index contributed by atoms with van der Waals surface area (Å²) >= 11 is 3.22. The average molecular weight is 302 g/mol. The number of hydrogen-bond donors (Lipinski definition) is 0. The Kier molecular flexibility index (Phi) is 4.54. The molecule has 1 aromatic rings. The highest BCUT2D eigenvalue weighted by Gasteiger charge is 2.21. The highest BCUT2D eigenvalue weighted by atomic mass is 79.9. The third-order valence-corrected chi connectivity index (χ3v) is 3.80. The Bertz CT molecular complexity index is 386. The summed E-state index contributed by atoms with van der Waals surface area (Å²) in [7, 11) is 0. The highest BCUT2D eigenvalue weighted by Crippen LogP contribution is 2.20. The van der Waals surface area contributed by atoms with Crippen molar-refractivity contribution in [3.8, 4) is 0 Å². The van der Waals surface area contributed by atoms with Gasteiger partial charge in [-0.05, 0) is 40.0 Å². The van der Waals surface area contributed by atoms with Gasteiger partial charge in [0, 0.05) is 19.1 Å². The Balaban J connectivity index is 2.05. The van der Waals surface area contributed by atoms with E-state index in [2.05, 4.69) is 27.8 Å². The number of hydrogen-bond acceptors (Lipinski definition) is 2. The average Bonchev–Trinajstić information content (AvgIpc) is 2.34. The van der Waals surface area contributed by atoms with Gasteiger partial charge in [0.2, 0.25) is 0 Å². The van der Waals surface area contributed by atoms with E-state index in [0.29, 0.717) is 10.5 Å². The summed E-state index contributed by atoms with van der Waals surface area (Å²) in [4.78, 5) is 2.41. The van der Waals surface area contributed by atoms with Gasteiger partial charge in [0.1, 0.15) is 5.82 Å². The molecule has 2 nitrogen and oxygen atoms in total. The molecule has 1 atom stereocenters. The fraction of sp³-hybridized carbons (Fsp3) is 0.538. The van der Waals surface area contributed by atoms with Crippen LogP contribution in [-0.4, -0.2) is 30.7 Å². The van der Waals surface area contributed by atoms with Crippen LogP contribution in [0.5, 0.6) is 0 Å². The van der Waals surface area contributed by atoms with Crippen molar-refractivity contribution >= 4 is 15.9 Å². The van der Waals surface area contributed by atoms with Crippen molar-refractivity contribution in [3.63, 3.8) is 0 Å². The molecule has 4 heteroatoms. The van der Waals surface area contributed by atoms with Crippen LogP contribution >= 0.6 is 15.9 Å². The molecule has 94 valence electrons. The van der Waals surface area contributed by atoms with E-state index in [1.165, 1.54) is 6.07 Å². The molecule has 0 N–H and O–H groups in total. The molecular formula is C13H17BrFNO. The Morgan fingerprint density at radius 2 is 2.35 bits per heavy atom. The molecule has 17 heavy (non-hydrogen) atoms. The minimum Gasteiger partial charge on any atom is -0.378 e. The lowest BCUT2D eigenvalue weighted by atomic mass is 10.1. The normalized spacial score (nSPS) is 21.7. The molecule has 0 spiro atoms. The number of nitrogens with zero attached hydrogens (tertiary/aromatic N) is 1. The van der Waals surface area contributed by atoms with Crippen molar-refractivity contribution in [2.24, 2.45) is 0 Å². The zero-order valence-electron chi connectivity index (χ0n) is 9.96. The molecule has 0 aliphatic carbocycles. The highest BCUT2D eigenvalue weighted by molar-refractivity contribution is 9.10. The zero-order valence-corrected chi connectivity index (χ0v) is 11.5. The van der Waals surface area contributed by atoms with Crippen LogP contribution < -0.4 is 0 Å². The molecule has 0 amide bonds. The fourth-order valence-electron chi connectivity index (χ4n) is 2.15. The van der Waals surface area contributed by atoms with E-state index in [1.807, 2.05) is 12.1 Å². The summed E-state index contributed by atoms with van der Waals surface area (Å²) < 4.78 is 19.2. The molecule has 1 heterocycles. The van der Waals surface area contributed by atoms with Gasteiger partial charge in [-0.25, -0.2) is 4.39 Å². The monoisotopic (exact) mass is 301 g/mol. The first-order valence-electron chi connectivity index (χ1n) is 5.96. The lowest BCUT2D eigenvalue weighted by Crippen LogP contribution is -2.44. The second-order valence-electron chi connectivity index (χ2n) is 4.36. The van der Waals surface area contributed by atoms with Crippen molar-refractivity contribution in [1.29, 1.82) is 0 Å². The predicted molar refractivity (Wildman–Crippen MR) is 69.4 cm³/mol. The summed E-state index contributed by atoms with van der Waals surface area (Å²) in [6.07, 6.45) is 1.09. The lowest BCUT2D eigenvalue weighted by molar-refractivity contribution is -0.0127. The van der Waals surface area contributed by atoms with Crippen molar-refractivity contribution < 1.29 is 9.13 Å². The summed E-state index contributed by atoms with van der Waals surface area (Å²) in [6.45, 7) is 5.58.